The van der Waals surface area contributed by atoms with Crippen LogP contribution in [0.1, 0.15) is 20.3 Å². The highest BCUT2D eigenvalue weighted by Crippen LogP contribution is 2.32. The SMILES string of the molecule is CC(O)CCN1CC2CNCC2C1C. The summed E-state index contributed by atoms with van der Waals surface area (Å²) >= 11 is 0. The predicted octanol–water partition coefficient (Wildman–Crippen LogP) is 0.297. The van der Waals surface area contributed by atoms with Crippen LogP contribution in [0.4, 0.5) is 0 Å². The van der Waals surface area contributed by atoms with Gasteiger partial charge in [0.1, 0.15) is 0 Å². The Hall–Kier alpha value is -0.120. The van der Waals surface area contributed by atoms with Crippen molar-refractivity contribution in [3.05, 3.63) is 0 Å². The number of hydrogen-bond acceptors (Lipinski definition) is 3. The summed E-state index contributed by atoms with van der Waals surface area (Å²) in [6.45, 7) is 8.89. The largest absolute Gasteiger partial charge is 0.393 e. The third-order valence-electron chi connectivity index (χ3n) is 3.89. The number of hydrogen-bond donors (Lipinski definition) is 2. The topological polar surface area (TPSA) is 35.5 Å². The Morgan fingerprint density at radius 1 is 1.50 bits per heavy atom. The van der Waals surface area contributed by atoms with E-state index in [1.165, 1.54) is 19.6 Å². The van der Waals surface area contributed by atoms with Crippen LogP contribution in [0.15, 0.2) is 0 Å². The summed E-state index contributed by atoms with van der Waals surface area (Å²) < 4.78 is 0. The molecule has 2 rings (SSSR count). The molecule has 4 atom stereocenters. The first-order valence-corrected chi connectivity index (χ1v) is 5.81. The molecule has 2 saturated heterocycles. The Balaban J connectivity index is 1.84. The fourth-order valence-corrected chi connectivity index (χ4v) is 2.90. The van der Waals surface area contributed by atoms with Crippen molar-refractivity contribution < 1.29 is 5.11 Å². The first kappa shape index (κ1) is 10.4. The Morgan fingerprint density at radius 2 is 2.29 bits per heavy atom. The molecule has 0 aromatic heterocycles. The highest BCUT2D eigenvalue weighted by atomic mass is 16.3. The quantitative estimate of drug-likeness (QED) is 0.684. The van der Waals surface area contributed by atoms with Crippen LogP contribution in [0, 0.1) is 11.8 Å². The predicted molar refractivity (Wildman–Crippen MR) is 57.2 cm³/mol. The minimum atomic E-state index is -0.152. The third-order valence-corrected chi connectivity index (χ3v) is 3.89. The molecule has 2 aliphatic heterocycles. The molecule has 2 aliphatic rings. The minimum Gasteiger partial charge on any atom is -0.393 e. The molecule has 4 unspecified atom stereocenters. The van der Waals surface area contributed by atoms with Crippen LogP contribution in [0.5, 0.6) is 0 Å². The molecule has 2 N–H and O–H groups in total. The van der Waals surface area contributed by atoms with Gasteiger partial charge in [0.15, 0.2) is 0 Å². The van der Waals surface area contributed by atoms with Crippen LogP contribution in [-0.4, -0.2) is 48.3 Å². The molecule has 0 bridgehead atoms. The standard InChI is InChI=1S/C11H22N2O/c1-8(14)3-4-13-7-10-5-12-6-11(10)9(13)2/h8-12,14H,3-7H2,1-2H3. The zero-order valence-electron chi connectivity index (χ0n) is 9.24. The van der Waals surface area contributed by atoms with E-state index in [1.807, 2.05) is 6.92 Å². The van der Waals surface area contributed by atoms with Crippen LogP contribution in [0.25, 0.3) is 0 Å². The summed E-state index contributed by atoms with van der Waals surface area (Å²) in [5.74, 6) is 1.71. The van der Waals surface area contributed by atoms with Gasteiger partial charge in [0.2, 0.25) is 0 Å². The van der Waals surface area contributed by atoms with E-state index in [2.05, 4.69) is 17.1 Å². The van der Waals surface area contributed by atoms with Gasteiger partial charge in [0, 0.05) is 19.1 Å². The molecule has 0 spiro atoms. The van der Waals surface area contributed by atoms with Crippen molar-refractivity contribution >= 4 is 0 Å². The van der Waals surface area contributed by atoms with Crippen molar-refractivity contribution in [2.75, 3.05) is 26.2 Å². The minimum absolute atomic E-state index is 0.152. The molecule has 0 saturated carbocycles. The smallest absolute Gasteiger partial charge is 0.0524 e. The van der Waals surface area contributed by atoms with Crippen molar-refractivity contribution in [3.63, 3.8) is 0 Å². The number of likely N-dealkylation sites (tertiary alicyclic amines) is 1. The molecule has 0 radical (unpaired) electrons. The van der Waals surface area contributed by atoms with E-state index in [0.29, 0.717) is 6.04 Å². The monoisotopic (exact) mass is 198 g/mol. The van der Waals surface area contributed by atoms with Gasteiger partial charge in [-0.25, -0.2) is 0 Å². The molecule has 0 aliphatic carbocycles. The lowest BCUT2D eigenvalue weighted by Gasteiger charge is -2.24. The van der Waals surface area contributed by atoms with Crippen LogP contribution < -0.4 is 5.32 Å². The van der Waals surface area contributed by atoms with Crippen LogP contribution in [0.2, 0.25) is 0 Å². The molecular weight excluding hydrogens is 176 g/mol. The Morgan fingerprint density at radius 3 is 2.93 bits per heavy atom. The normalized spacial score (nSPS) is 40.1. The zero-order chi connectivity index (χ0) is 10.1. The van der Waals surface area contributed by atoms with Crippen molar-refractivity contribution in [2.45, 2.75) is 32.4 Å². The summed E-state index contributed by atoms with van der Waals surface area (Å²) in [6.07, 6.45) is 0.762. The summed E-state index contributed by atoms with van der Waals surface area (Å²) in [5, 5.41) is 12.7. The number of aliphatic hydroxyl groups excluding tert-OH is 1. The molecule has 82 valence electrons. The van der Waals surface area contributed by atoms with Gasteiger partial charge in [-0.3, -0.25) is 4.90 Å². The number of nitrogens with one attached hydrogen (secondary N) is 1. The summed E-state index contributed by atoms with van der Waals surface area (Å²) in [5.41, 5.74) is 0. The van der Waals surface area contributed by atoms with E-state index in [1.54, 1.807) is 0 Å². The molecule has 3 nitrogen and oxygen atoms in total. The molecule has 14 heavy (non-hydrogen) atoms. The zero-order valence-corrected chi connectivity index (χ0v) is 9.24. The highest BCUT2D eigenvalue weighted by molar-refractivity contribution is 4.96. The lowest BCUT2D eigenvalue weighted by Crippen LogP contribution is -2.34. The average Bonchev–Trinajstić information content (AvgIpc) is 2.66. The van der Waals surface area contributed by atoms with Gasteiger partial charge in [-0.15, -0.1) is 0 Å². The van der Waals surface area contributed by atoms with Gasteiger partial charge in [-0.05, 0) is 45.2 Å². The van der Waals surface area contributed by atoms with E-state index in [9.17, 15) is 5.11 Å². The van der Waals surface area contributed by atoms with Gasteiger partial charge < -0.3 is 10.4 Å². The third kappa shape index (κ3) is 1.95. The van der Waals surface area contributed by atoms with Gasteiger partial charge in [0.25, 0.3) is 0 Å². The second-order valence-corrected chi connectivity index (χ2v) is 4.96. The molecule has 2 heterocycles. The van der Waals surface area contributed by atoms with Crippen LogP contribution >= 0.6 is 0 Å². The lowest BCUT2D eigenvalue weighted by molar-refractivity contribution is 0.148. The lowest BCUT2D eigenvalue weighted by atomic mass is 9.95. The first-order chi connectivity index (χ1) is 6.68. The summed E-state index contributed by atoms with van der Waals surface area (Å²) in [4.78, 5) is 2.54. The number of fused-ring (bicyclic) bond motifs is 1. The Kier molecular flexibility index (Phi) is 3.10. The van der Waals surface area contributed by atoms with Gasteiger partial charge >= 0.3 is 0 Å². The average molecular weight is 198 g/mol. The molecule has 0 aromatic carbocycles. The van der Waals surface area contributed by atoms with Crippen molar-refractivity contribution in [3.8, 4) is 0 Å². The molecular formula is C11H22N2O. The molecule has 0 amide bonds. The van der Waals surface area contributed by atoms with Crippen molar-refractivity contribution in [1.29, 1.82) is 0 Å². The van der Waals surface area contributed by atoms with Crippen LogP contribution in [-0.2, 0) is 0 Å². The maximum Gasteiger partial charge on any atom is 0.0524 e. The number of aliphatic hydroxyl groups is 1. The summed E-state index contributed by atoms with van der Waals surface area (Å²) in [7, 11) is 0. The molecule has 3 heteroatoms. The van der Waals surface area contributed by atoms with E-state index < -0.39 is 0 Å². The van der Waals surface area contributed by atoms with E-state index in [4.69, 9.17) is 0 Å². The maximum absolute atomic E-state index is 9.26. The van der Waals surface area contributed by atoms with Crippen molar-refractivity contribution in [2.24, 2.45) is 11.8 Å². The van der Waals surface area contributed by atoms with E-state index in [-0.39, 0.29) is 6.10 Å². The van der Waals surface area contributed by atoms with Crippen molar-refractivity contribution in [1.82, 2.24) is 10.2 Å². The summed E-state index contributed by atoms with van der Waals surface area (Å²) in [6, 6.07) is 0.703. The Labute approximate surface area is 86.5 Å². The van der Waals surface area contributed by atoms with E-state index >= 15 is 0 Å². The molecule has 0 aromatic rings. The van der Waals surface area contributed by atoms with Crippen LogP contribution in [0.3, 0.4) is 0 Å². The number of nitrogens with zero attached hydrogens (tertiary/aromatic N) is 1. The molecule has 2 fully saturated rings. The first-order valence-electron chi connectivity index (χ1n) is 5.81. The van der Waals surface area contributed by atoms with Gasteiger partial charge in [-0.2, -0.15) is 0 Å². The fraction of sp³-hybridized carbons (Fsp3) is 1.00. The second kappa shape index (κ2) is 4.17. The number of rotatable bonds is 3. The van der Waals surface area contributed by atoms with Gasteiger partial charge in [-0.1, -0.05) is 0 Å². The maximum atomic E-state index is 9.26. The Bertz CT molecular complexity index is 196. The fourth-order valence-electron chi connectivity index (χ4n) is 2.90. The van der Waals surface area contributed by atoms with E-state index in [0.717, 1.165) is 24.8 Å². The second-order valence-electron chi connectivity index (χ2n) is 4.96. The highest BCUT2D eigenvalue weighted by Gasteiger charge is 2.41. The van der Waals surface area contributed by atoms with Gasteiger partial charge in [0.05, 0.1) is 6.10 Å².